The number of carbonyl (C=O) groups is 2. The molecule has 0 aliphatic carbocycles. The first kappa shape index (κ1) is 23.0. The molecule has 0 fully saturated rings. The van der Waals surface area contributed by atoms with E-state index in [1.807, 2.05) is 18.2 Å². The molecule has 0 radical (unpaired) electrons. The van der Waals surface area contributed by atoms with Crippen LogP contribution in [-0.4, -0.2) is 25.2 Å². The second-order valence-corrected chi connectivity index (χ2v) is 9.12. The topological polar surface area (TPSA) is 77.0 Å². The zero-order valence-electron chi connectivity index (χ0n) is 17.2. The van der Waals surface area contributed by atoms with Gasteiger partial charge in [0.1, 0.15) is 16.4 Å². The molecular weight excluding hydrogens is 528 g/mol. The predicted molar refractivity (Wildman–Crippen MR) is 134 cm³/mol. The zero-order valence-corrected chi connectivity index (χ0v) is 20.3. The van der Waals surface area contributed by atoms with Crippen LogP contribution in [0.2, 0.25) is 5.02 Å². The van der Waals surface area contributed by atoms with E-state index in [0.29, 0.717) is 27.0 Å². The molecule has 0 aliphatic rings. The predicted octanol–water partition coefficient (Wildman–Crippen LogP) is 6.31. The molecule has 0 aliphatic heterocycles. The number of hydrazone groups is 1. The van der Waals surface area contributed by atoms with Crippen molar-refractivity contribution >= 4 is 67.0 Å². The third-order valence-electron chi connectivity index (χ3n) is 4.58. The molecule has 1 heterocycles. The number of halogens is 2. The lowest BCUT2D eigenvalue weighted by Crippen LogP contribution is -2.17. The summed E-state index contributed by atoms with van der Waals surface area (Å²) in [5.74, 6) is 0.186. The van der Waals surface area contributed by atoms with Gasteiger partial charge in [-0.1, -0.05) is 33.6 Å². The fourth-order valence-electron chi connectivity index (χ4n) is 2.94. The molecule has 1 amide bonds. The lowest BCUT2D eigenvalue weighted by Gasteiger charge is -2.04. The zero-order chi connectivity index (χ0) is 23.4. The minimum absolute atomic E-state index is 0.320. The van der Waals surface area contributed by atoms with Gasteiger partial charge in [0, 0.05) is 20.1 Å². The van der Waals surface area contributed by atoms with Crippen LogP contribution >= 0.6 is 38.9 Å². The van der Waals surface area contributed by atoms with Crippen molar-refractivity contribution in [2.24, 2.45) is 5.10 Å². The SMILES string of the molecule is COc1ccc2c(Cl)c(C(=O)Oc3ccc(/C=N/NC(=O)c4cccc(Br)c4)cc3)sc2c1. The number of esters is 1. The Morgan fingerprint density at radius 3 is 2.55 bits per heavy atom. The Labute approximate surface area is 206 Å². The number of amides is 1. The summed E-state index contributed by atoms with van der Waals surface area (Å²) in [5, 5.41) is 5.09. The van der Waals surface area contributed by atoms with Gasteiger partial charge in [-0.2, -0.15) is 5.10 Å². The number of ether oxygens (including phenoxy) is 2. The number of rotatable bonds is 6. The average molecular weight is 544 g/mol. The van der Waals surface area contributed by atoms with Gasteiger partial charge in [-0.05, 0) is 66.2 Å². The molecule has 0 saturated heterocycles. The van der Waals surface area contributed by atoms with E-state index in [1.54, 1.807) is 55.6 Å². The van der Waals surface area contributed by atoms with Crippen molar-refractivity contribution in [2.45, 2.75) is 0 Å². The molecule has 1 aromatic heterocycles. The third-order valence-corrected chi connectivity index (χ3v) is 6.71. The highest BCUT2D eigenvalue weighted by Crippen LogP contribution is 2.37. The van der Waals surface area contributed by atoms with Crippen LogP contribution in [0, 0.1) is 0 Å². The number of nitrogens with zero attached hydrogens (tertiary/aromatic N) is 1. The lowest BCUT2D eigenvalue weighted by atomic mass is 10.2. The Bertz CT molecular complexity index is 1370. The molecule has 3 aromatic carbocycles. The number of thiophene rings is 1. The normalized spacial score (nSPS) is 11.0. The first-order valence-electron chi connectivity index (χ1n) is 9.62. The van der Waals surface area contributed by atoms with Crippen molar-refractivity contribution in [1.29, 1.82) is 0 Å². The lowest BCUT2D eigenvalue weighted by molar-refractivity contribution is 0.0739. The van der Waals surface area contributed by atoms with Crippen molar-refractivity contribution in [1.82, 2.24) is 5.43 Å². The number of nitrogens with one attached hydrogen (secondary N) is 1. The molecule has 6 nitrogen and oxygen atoms in total. The number of hydrogen-bond acceptors (Lipinski definition) is 6. The summed E-state index contributed by atoms with van der Waals surface area (Å²) in [6, 6.07) is 19.1. The standard InChI is InChI=1S/C24H16BrClN2O4S/c1-31-18-9-10-19-20(12-18)33-22(21(19)26)24(30)32-17-7-5-14(6-8-17)13-27-28-23(29)15-3-2-4-16(25)11-15/h2-13H,1H3,(H,28,29)/b27-13+. The van der Waals surface area contributed by atoms with Gasteiger partial charge in [0.25, 0.3) is 5.91 Å². The maximum atomic E-state index is 12.6. The minimum atomic E-state index is -0.539. The Balaban J connectivity index is 1.40. The molecule has 0 saturated carbocycles. The van der Waals surface area contributed by atoms with E-state index in [4.69, 9.17) is 21.1 Å². The van der Waals surface area contributed by atoms with Crippen LogP contribution in [-0.2, 0) is 0 Å². The number of hydrogen-bond donors (Lipinski definition) is 1. The Hall–Kier alpha value is -3.20. The Morgan fingerprint density at radius 1 is 1.06 bits per heavy atom. The summed E-state index contributed by atoms with van der Waals surface area (Å²) in [6.45, 7) is 0. The first-order chi connectivity index (χ1) is 15.9. The summed E-state index contributed by atoms with van der Waals surface area (Å²) < 4.78 is 12.3. The van der Waals surface area contributed by atoms with E-state index in [1.165, 1.54) is 17.6 Å². The number of fused-ring (bicyclic) bond motifs is 1. The molecule has 0 bridgehead atoms. The van der Waals surface area contributed by atoms with Crippen molar-refractivity contribution < 1.29 is 19.1 Å². The largest absolute Gasteiger partial charge is 0.497 e. The summed E-state index contributed by atoms with van der Waals surface area (Å²) >= 11 is 11.0. The van der Waals surface area contributed by atoms with Gasteiger partial charge in [-0.3, -0.25) is 4.79 Å². The average Bonchev–Trinajstić information content (AvgIpc) is 3.16. The highest BCUT2D eigenvalue weighted by molar-refractivity contribution is 9.10. The Morgan fingerprint density at radius 2 is 1.82 bits per heavy atom. The molecule has 0 unspecified atom stereocenters. The van der Waals surface area contributed by atoms with Gasteiger partial charge >= 0.3 is 5.97 Å². The van der Waals surface area contributed by atoms with E-state index in [9.17, 15) is 9.59 Å². The van der Waals surface area contributed by atoms with Crippen molar-refractivity contribution in [3.05, 3.63) is 92.2 Å². The summed E-state index contributed by atoms with van der Waals surface area (Å²) in [7, 11) is 1.58. The molecule has 0 atom stereocenters. The molecule has 4 rings (SSSR count). The van der Waals surface area contributed by atoms with Gasteiger partial charge in [-0.25, -0.2) is 10.2 Å². The maximum Gasteiger partial charge on any atom is 0.355 e. The number of carbonyl (C=O) groups excluding carboxylic acids is 2. The van der Waals surface area contributed by atoms with Crippen LogP contribution in [0.25, 0.3) is 10.1 Å². The van der Waals surface area contributed by atoms with Crippen molar-refractivity contribution in [2.75, 3.05) is 7.11 Å². The van der Waals surface area contributed by atoms with Crippen LogP contribution < -0.4 is 14.9 Å². The molecule has 166 valence electrons. The fourth-order valence-corrected chi connectivity index (χ4v) is 4.75. The molecular formula is C24H16BrClN2O4S. The fraction of sp³-hybridized carbons (Fsp3) is 0.0417. The molecule has 33 heavy (non-hydrogen) atoms. The smallest absolute Gasteiger partial charge is 0.355 e. The van der Waals surface area contributed by atoms with E-state index in [-0.39, 0.29) is 5.91 Å². The molecule has 1 N–H and O–H groups in total. The van der Waals surface area contributed by atoms with Crippen molar-refractivity contribution in [3.63, 3.8) is 0 Å². The highest BCUT2D eigenvalue weighted by atomic mass is 79.9. The van der Waals surface area contributed by atoms with Crippen LogP contribution in [0.3, 0.4) is 0 Å². The quantitative estimate of drug-likeness (QED) is 0.134. The Kier molecular flexibility index (Phi) is 7.08. The number of benzene rings is 3. The van der Waals surface area contributed by atoms with Gasteiger partial charge in [0.15, 0.2) is 0 Å². The monoisotopic (exact) mass is 542 g/mol. The minimum Gasteiger partial charge on any atom is -0.497 e. The van der Waals surface area contributed by atoms with Crippen LogP contribution in [0.15, 0.2) is 76.3 Å². The van der Waals surface area contributed by atoms with Crippen LogP contribution in [0.4, 0.5) is 0 Å². The second kappa shape index (κ2) is 10.2. The van der Waals surface area contributed by atoms with Gasteiger partial charge in [0.2, 0.25) is 0 Å². The van der Waals surface area contributed by atoms with E-state index < -0.39 is 5.97 Å². The molecule has 9 heteroatoms. The van der Waals surface area contributed by atoms with Gasteiger partial charge < -0.3 is 9.47 Å². The summed E-state index contributed by atoms with van der Waals surface area (Å²) in [6.07, 6.45) is 1.50. The van der Waals surface area contributed by atoms with E-state index in [2.05, 4.69) is 26.5 Å². The molecule has 4 aromatic rings. The maximum absolute atomic E-state index is 12.6. The van der Waals surface area contributed by atoms with Gasteiger partial charge in [-0.15, -0.1) is 11.3 Å². The van der Waals surface area contributed by atoms with E-state index >= 15 is 0 Å². The summed E-state index contributed by atoms with van der Waals surface area (Å²) in [5.41, 5.74) is 3.68. The van der Waals surface area contributed by atoms with Gasteiger partial charge in [0.05, 0.1) is 18.3 Å². The third kappa shape index (κ3) is 5.42. The first-order valence-corrected chi connectivity index (χ1v) is 11.6. The summed E-state index contributed by atoms with van der Waals surface area (Å²) in [4.78, 5) is 25.1. The van der Waals surface area contributed by atoms with Crippen molar-refractivity contribution in [3.8, 4) is 11.5 Å². The molecule has 0 spiro atoms. The second-order valence-electron chi connectivity index (χ2n) is 6.78. The number of methoxy groups -OCH3 is 1. The highest BCUT2D eigenvalue weighted by Gasteiger charge is 2.19. The van der Waals surface area contributed by atoms with E-state index in [0.717, 1.165) is 20.1 Å². The van der Waals surface area contributed by atoms with Crippen LogP contribution in [0.1, 0.15) is 25.6 Å². The van der Waals surface area contributed by atoms with Crippen LogP contribution in [0.5, 0.6) is 11.5 Å².